The van der Waals surface area contributed by atoms with E-state index >= 15 is 0 Å². The minimum atomic E-state index is -0.816. The average Bonchev–Trinajstić information content (AvgIpc) is 3.19. The summed E-state index contributed by atoms with van der Waals surface area (Å²) in [5.41, 5.74) is 1.63. The molecule has 1 N–H and O–H groups in total. The van der Waals surface area contributed by atoms with Crippen molar-refractivity contribution in [2.24, 2.45) is 0 Å². The average molecular weight is 369 g/mol. The highest BCUT2D eigenvalue weighted by atomic mass is 32.1. The number of fused-ring (bicyclic) bond motifs is 1. The number of phenolic OH excluding ortho intramolecular Hbond substituents is 1. The second kappa shape index (κ2) is 6.23. The summed E-state index contributed by atoms with van der Waals surface area (Å²) in [5, 5.41) is 9.57. The second-order valence-corrected chi connectivity index (χ2v) is 6.50. The molecule has 130 valence electrons. The van der Waals surface area contributed by atoms with Crippen LogP contribution in [0.1, 0.15) is 5.56 Å². The molecule has 0 aliphatic carbocycles. The lowest BCUT2D eigenvalue weighted by atomic mass is 10.2. The van der Waals surface area contributed by atoms with Crippen LogP contribution in [-0.4, -0.2) is 26.6 Å². The lowest BCUT2D eigenvalue weighted by Crippen LogP contribution is -2.22. The van der Waals surface area contributed by atoms with Crippen molar-refractivity contribution in [1.29, 1.82) is 0 Å². The molecule has 0 aliphatic rings. The summed E-state index contributed by atoms with van der Waals surface area (Å²) < 4.78 is 20.6. The molecular formula is C18H12FN3O3S. The molecule has 4 aromatic rings. The molecule has 0 saturated carbocycles. The van der Waals surface area contributed by atoms with E-state index in [1.807, 2.05) is 6.07 Å². The van der Waals surface area contributed by atoms with Gasteiger partial charge in [0.2, 0.25) is 0 Å². The number of benzene rings is 1. The van der Waals surface area contributed by atoms with Crippen molar-refractivity contribution >= 4 is 22.4 Å². The number of rotatable bonds is 3. The molecule has 3 aromatic heterocycles. The van der Waals surface area contributed by atoms with Crippen LogP contribution < -0.4 is 14.8 Å². The second-order valence-electron chi connectivity index (χ2n) is 5.49. The highest BCUT2D eigenvalue weighted by Gasteiger charge is 2.12. The minimum Gasteiger partial charge on any atom is -0.502 e. The predicted molar refractivity (Wildman–Crippen MR) is 96.0 cm³/mol. The summed E-state index contributed by atoms with van der Waals surface area (Å²) in [5.74, 6) is -1.37. The van der Waals surface area contributed by atoms with Gasteiger partial charge in [-0.25, -0.2) is 9.37 Å². The van der Waals surface area contributed by atoms with Crippen LogP contribution in [-0.2, 0) is 0 Å². The maximum absolute atomic E-state index is 13.8. The van der Waals surface area contributed by atoms with Gasteiger partial charge in [-0.2, -0.15) is 0 Å². The van der Waals surface area contributed by atoms with Crippen molar-refractivity contribution in [1.82, 2.24) is 14.4 Å². The number of aromatic nitrogens is 3. The van der Waals surface area contributed by atoms with E-state index in [1.54, 1.807) is 24.7 Å². The molecule has 1 aromatic carbocycles. The number of imidazole rings is 1. The molecule has 0 amide bonds. The fraction of sp³-hybridized carbons (Fsp3) is 0.0556. The molecule has 0 spiro atoms. The molecule has 0 bridgehead atoms. The van der Waals surface area contributed by atoms with Gasteiger partial charge in [-0.3, -0.25) is 14.2 Å². The standard InChI is InChI=1S/C18H12FN3O3S/c1-25-14-6-10(5-12(19)16(14)23)7-15-17(24)22-9-13(21-18(22)26-15)11-3-2-4-20-8-11/h2-9,23H,1H3/b15-7-. The van der Waals surface area contributed by atoms with E-state index in [0.29, 0.717) is 20.8 Å². The number of thiazole rings is 1. The summed E-state index contributed by atoms with van der Waals surface area (Å²) in [7, 11) is 1.33. The molecule has 4 rings (SSSR count). The normalized spacial score (nSPS) is 12.0. The van der Waals surface area contributed by atoms with Crippen molar-refractivity contribution in [3.63, 3.8) is 0 Å². The summed E-state index contributed by atoms with van der Waals surface area (Å²) >= 11 is 1.20. The molecule has 0 aliphatic heterocycles. The first-order chi connectivity index (χ1) is 12.6. The lowest BCUT2D eigenvalue weighted by Gasteiger charge is -2.04. The van der Waals surface area contributed by atoms with Crippen LogP contribution in [0.2, 0.25) is 0 Å². The van der Waals surface area contributed by atoms with E-state index in [2.05, 4.69) is 9.97 Å². The summed E-state index contributed by atoms with van der Waals surface area (Å²) in [6.07, 6.45) is 6.53. The monoisotopic (exact) mass is 369 g/mol. The van der Waals surface area contributed by atoms with Crippen LogP contribution in [0.25, 0.3) is 22.3 Å². The molecule has 26 heavy (non-hydrogen) atoms. The van der Waals surface area contributed by atoms with Crippen LogP contribution in [0.4, 0.5) is 4.39 Å². The van der Waals surface area contributed by atoms with Crippen LogP contribution in [0.3, 0.4) is 0 Å². The van der Waals surface area contributed by atoms with E-state index in [9.17, 15) is 14.3 Å². The molecular weight excluding hydrogens is 357 g/mol. The van der Waals surface area contributed by atoms with E-state index in [-0.39, 0.29) is 11.3 Å². The van der Waals surface area contributed by atoms with Gasteiger partial charge in [-0.15, -0.1) is 0 Å². The Hall–Kier alpha value is -3.26. The van der Waals surface area contributed by atoms with Gasteiger partial charge in [-0.05, 0) is 35.9 Å². The Morgan fingerprint density at radius 2 is 2.23 bits per heavy atom. The topological polar surface area (TPSA) is 76.7 Å². The SMILES string of the molecule is COc1cc(/C=c2\sc3nc(-c4cccnc4)cn3c2=O)cc(F)c1O. The quantitative estimate of drug-likeness (QED) is 0.599. The largest absolute Gasteiger partial charge is 0.502 e. The molecule has 0 fully saturated rings. The first-order valence-corrected chi connectivity index (χ1v) is 8.39. The highest BCUT2D eigenvalue weighted by molar-refractivity contribution is 7.15. The minimum absolute atomic E-state index is 0.00361. The third-order valence-corrected chi connectivity index (χ3v) is 4.81. The van der Waals surface area contributed by atoms with Gasteiger partial charge >= 0.3 is 0 Å². The Morgan fingerprint density at radius 1 is 1.38 bits per heavy atom. The first kappa shape index (κ1) is 16.2. The van der Waals surface area contributed by atoms with E-state index in [0.717, 1.165) is 11.6 Å². The van der Waals surface area contributed by atoms with Crippen molar-refractivity contribution in [2.75, 3.05) is 7.11 Å². The maximum atomic E-state index is 13.8. The Morgan fingerprint density at radius 3 is 2.92 bits per heavy atom. The number of hydrogen-bond donors (Lipinski definition) is 1. The van der Waals surface area contributed by atoms with Gasteiger partial charge in [0.15, 0.2) is 22.3 Å². The number of methoxy groups -OCH3 is 1. The number of nitrogens with zero attached hydrogens (tertiary/aromatic N) is 3. The first-order valence-electron chi connectivity index (χ1n) is 7.57. The zero-order chi connectivity index (χ0) is 18.3. The van der Waals surface area contributed by atoms with Crippen LogP contribution in [0.5, 0.6) is 11.5 Å². The number of phenols is 1. The van der Waals surface area contributed by atoms with Crippen molar-refractivity contribution in [3.8, 4) is 22.8 Å². The van der Waals surface area contributed by atoms with Crippen molar-refractivity contribution in [2.45, 2.75) is 0 Å². The summed E-state index contributed by atoms with van der Waals surface area (Å²) in [6, 6.07) is 6.26. The number of halogens is 1. The Bertz CT molecular complexity index is 1220. The van der Waals surface area contributed by atoms with Gasteiger partial charge in [0.25, 0.3) is 5.56 Å². The summed E-state index contributed by atoms with van der Waals surface area (Å²) in [4.78, 5) is 21.6. The van der Waals surface area contributed by atoms with Crippen molar-refractivity contribution < 1.29 is 14.2 Å². The third-order valence-electron chi connectivity index (χ3n) is 3.83. The Balaban J connectivity index is 1.82. The van der Waals surface area contributed by atoms with Gasteiger partial charge in [0.05, 0.1) is 17.3 Å². The molecule has 3 heterocycles. The van der Waals surface area contributed by atoms with E-state index < -0.39 is 11.6 Å². The van der Waals surface area contributed by atoms with E-state index in [4.69, 9.17) is 4.74 Å². The van der Waals surface area contributed by atoms with Crippen molar-refractivity contribution in [3.05, 3.63) is 69.1 Å². The Kier molecular flexibility index (Phi) is 3.89. The summed E-state index contributed by atoms with van der Waals surface area (Å²) in [6.45, 7) is 0. The lowest BCUT2D eigenvalue weighted by molar-refractivity contribution is 0.357. The molecule has 0 radical (unpaired) electrons. The van der Waals surface area contributed by atoms with E-state index in [1.165, 1.54) is 35.0 Å². The number of ether oxygens (including phenoxy) is 1. The highest BCUT2D eigenvalue weighted by Crippen LogP contribution is 2.30. The zero-order valence-electron chi connectivity index (χ0n) is 13.5. The molecule has 0 atom stereocenters. The fourth-order valence-corrected chi connectivity index (χ4v) is 3.53. The van der Waals surface area contributed by atoms with Crippen LogP contribution in [0, 0.1) is 5.82 Å². The third kappa shape index (κ3) is 2.70. The molecule has 6 nitrogen and oxygen atoms in total. The van der Waals surface area contributed by atoms with Gasteiger partial charge in [-0.1, -0.05) is 11.3 Å². The molecule has 0 unspecified atom stereocenters. The zero-order valence-corrected chi connectivity index (χ0v) is 14.3. The van der Waals surface area contributed by atoms with Gasteiger partial charge < -0.3 is 9.84 Å². The molecule has 8 heteroatoms. The molecule has 0 saturated heterocycles. The van der Waals surface area contributed by atoms with Gasteiger partial charge in [0.1, 0.15) is 0 Å². The van der Waals surface area contributed by atoms with Gasteiger partial charge in [0, 0.05) is 24.2 Å². The number of aromatic hydroxyl groups is 1. The smallest absolute Gasteiger partial charge is 0.274 e. The number of pyridine rings is 1. The van der Waals surface area contributed by atoms with Crippen LogP contribution in [0.15, 0.2) is 47.7 Å². The van der Waals surface area contributed by atoms with Crippen LogP contribution >= 0.6 is 11.3 Å². The Labute approximate surface area is 150 Å². The predicted octanol–water partition coefficient (Wildman–Crippen LogP) is 2.22. The fourth-order valence-electron chi connectivity index (χ4n) is 2.57. The maximum Gasteiger partial charge on any atom is 0.274 e. The number of hydrogen-bond acceptors (Lipinski definition) is 6.